The van der Waals surface area contributed by atoms with Crippen LogP contribution in [-0.2, 0) is 0 Å². The van der Waals surface area contributed by atoms with Crippen molar-refractivity contribution in [2.75, 3.05) is 43.9 Å². The van der Waals surface area contributed by atoms with Crippen molar-refractivity contribution in [3.05, 3.63) is 60.9 Å². The van der Waals surface area contributed by atoms with Gasteiger partial charge in [0.05, 0.1) is 6.20 Å². The van der Waals surface area contributed by atoms with Crippen LogP contribution in [0.5, 0.6) is 5.75 Å². The average Bonchev–Trinajstić information content (AvgIpc) is 3.20. The highest BCUT2D eigenvalue weighted by Gasteiger charge is 2.17. The van der Waals surface area contributed by atoms with Gasteiger partial charge in [-0.25, -0.2) is 4.98 Å². The minimum Gasteiger partial charge on any atom is -0.508 e. The lowest BCUT2D eigenvalue weighted by molar-refractivity contribution is 0.313. The van der Waals surface area contributed by atoms with Crippen LogP contribution in [0.3, 0.4) is 0 Å². The van der Waals surface area contributed by atoms with E-state index in [4.69, 9.17) is 5.73 Å². The highest BCUT2D eigenvalue weighted by atomic mass is 16.3. The lowest BCUT2D eigenvalue weighted by Crippen LogP contribution is -2.44. The van der Waals surface area contributed by atoms with E-state index < -0.39 is 0 Å². The van der Waals surface area contributed by atoms with E-state index in [9.17, 15) is 5.11 Å². The summed E-state index contributed by atoms with van der Waals surface area (Å²) in [6.45, 7) is 4.17. The number of nitrogen functional groups attached to an aromatic ring is 1. The van der Waals surface area contributed by atoms with Crippen LogP contribution < -0.4 is 10.6 Å². The number of fused-ring (bicyclic) bond motifs is 1. The Morgan fingerprint density at radius 2 is 1.63 bits per heavy atom. The van der Waals surface area contributed by atoms with Gasteiger partial charge in [0.15, 0.2) is 5.65 Å². The number of nitrogens with two attached hydrogens (primary N) is 1. The first-order valence-electron chi connectivity index (χ1n) is 10.1. The first-order chi connectivity index (χ1) is 14.6. The molecule has 30 heavy (non-hydrogen) atoms. The summed E-state index contributed by atoms with van der Waals surface area (Å²) >= 11 is 0. The van der Waals surface area contributed by atoms with Crippen LogP contribution in [0.25, 0.3) is 27.9 Å². The number of piperazine rings is 1. The maximum absolute atomic E-state index is 9.79. The van der Waals surface area contributed by atoms with Crippen LogP contribution in [0.15, 0.2) is 60.9 Å². The van der Waals surface area contributed by atoms with Gasteiger partial charge in [-0.15, -0.1) is 0 Å². The Labute approximate surface area is 175 Å². The van der Waals surface area contributed by atoms with Gasteiger partial charge < -0.3 is 20.6 Å². The second-order valence-electron chi connectivity index (χ2n) is 7.74. The summed E-state index contributed by atoms with van der Waals surface area (Å²) in [7, 11) is 2.16. The molecule has 1 saturated heterocycles. The zero-order chi connectivity index (χ0) is 20.7. The molecule has 7 nitrogen and oxygen atoms in total. The van der Waals surface area contributed by atoms with E-state index in [1.807, 2.05) is 12.3 Å². The van der Waals surface area contributed by atoms with E-state index in [0.717, 1.165) is 48.4 Å². The molecule has 0 atom stereocenters. The number of hydrogen-bond acceptors (Lipinski definition) is 6. The van der Waals surface area contributed by atoms with Crippen LogP contribution in [0.1, 0.15) is 0 Å². The quantitative estimate of drug-likeness (QED) is 0.550. The number of aromatic hydroxyl groups is 1. The Balaban J connectivity index is 1.53. The van der Waals surface area contributed by atoms with Crippen molar-refractivity contribution >= 4 is 17.2 Å². The molecule has 0 saturated carbocycles. The van der Waals surface area contributed by atoms with Crippen molar-refractivity contribution in [3.8, 4) is 28.0 Å². The molecule has 3 N–H and O–H groups in total. The molecule has 2 aromatic carbocycles. The molecule has 0 bridgehead atoms. The monoisotopic (exact) mass is 400 g/mol. The third-order valence-electron chi connectivity index (χ3n) is 5.75. The molecule has 1 fully saturated rings. The Kier molecular flexibility index (Phi) is 4.52. The number of hydrogen-bond donors (Lipinski definition) is 2. The number of phenolic OH excluding ortho intramolecular Hbond substituents is 1. The maximum atomic E-state index is 9.79. The van der Waals surface area contributed by atoms with Crippen LogP contribution in [0.2, 0.25) is 0 Å². The van der Waals surface area contributed by atoms with E-state index in [-0.39, 0.29) is 5.75 Å². The van der Waals surface area contributed by atoms with Crippen molar-refractivity contribution in [1.82, 2.24) is 19.5 Å². The van der Waals surface area contributed by atoms with Crippen molar-refractivity contribution < 1.29 is 5.11 Å². The van der Waals surface area contributed by atoms with Crippen LogP contribution in [0.4, 0.5) is 11.5 Å². The van der Waals surface area contributed by atoms with Gasteiger partial charge in [0.2, 0.25) is 0 Å². The lowest BCUT2D eigenvalue weighted by atomic mass is 10.1. The molecule has 0 spiro atoms. The molecule has 4 aromatic rings. The molecule has 0 unspecified atom stereocenters. The molecule has 1 aliphatic heterocycles. The number of nitrogens with zero attached hydrogens (tertiary/aromatic N) is 5. The molecular weight excluding hydrogens is 376 g/mol. The Hall–Kier alpha value is -3.58. The van der Waals surface area contributed by atoms with Crippen molar-refractivity contribution in [2.24, 2.45) is 0 Å². The number of aromatic nitrogens is 3. The Morgan fingerprint density at radius 1 is 0.900 bits per heavy atom. The van der Waals surface area contributed by atoms with Gasteiger partial charge in [-0.2, -0.15) is 9.61 Å². The first kappa shape index (κ1) is 18.4. The summed E-state index contributed by atoms with van der Waals surface area (Å²) in [4.78, 5) is 9.42. The predicted molar refractivity (Wildman–Crippen MR) is 120 cm³/mol. The zero-order valence-electron chi connectivity index (χ0n) is 16.9. The summed E-state index contributed by atoms with van der Waals surface area (Å²) in [6, 6.07) is 15.5. The first-order valence-corrected chi connectivity index (χ1v) is 10.1. The topological polar surface area (TPSA) is 82.9 Å². The van der Waals surface area contributed by atoms with Crippen molar-refractivity contribution in [3.63, 3.8) is 0 Å². The average molecular weight is 400 g/mol. The molecule has 152 valence electrons. The Bertz CT molecular complexity index is 1210. The third-order valence-corrected chi connectivity index (χ3v) is 5.75. The number of phenols is 1. The molecule has 0 radical (unpaired) electrons. The molecule has 0 aliphatic carbocycles. The van der Waals surface area contributed by atoms with Gasteiger partial charge in [0.1, 0.15) is 11.6 Å². The molecular formula is C23H24N6O. The number of anilines is 2. The van der Waals surface area contributed by atoms with E-state index in [1.54, 1.807) is 28.9 Å². The molecule has 3 heterocycles. The highest BCUT2D eigenvalue weighted by Crippen LogP contribution is 2.32. The summed E-state index contributed by atoms with van der Waals surface area (Å²) in [5.74, 6) is 0.681. The van der Waals surface area contributed by atoms with Gasteiger partial charge in [-0.05, 0) is 42.4 Å². The van der Waals surface area contributed by atoms with Gasteiger partial charge in [0.25, 0.3) is 0 Å². The molecule has 0 amide bonds. The lowest BCUT2D eigenvalue weighted by Gasteiger charge is -2.34. The number of benzene rings is 2. The standard InChI is InChI=1S/C23H24N6O/c1-27-8-10-28(11-9-27)18-6-2-4-16(12-18)21-15-26-29-22(24)20(14-25-23(21)29)17-5-3-7-19(30)13-17/h2-7,12-15,30H,8-11,24H2,1H3. The van der Waals surface area contributed by atoms with E-state index >= 15 is 0 Å². The summed E-state index contributed by atoms with van der Waals surface area (Å²) in [6.07, 6.45) is 3.56. The predicted octanol–water partition coefficient (Wildman–Crippen LogP) is 3.10. The van der Waals surface area contributed by atoms with Crippen LogP contribution in [-0.4, -0.2) is 57.8 Å². The fourth-order valence-corrected chi connectivity index (χ4v) is 3.98. The summed E-state index contributed by atoms with van der Waals surface area (Å²) < 4.78 is 1.66. The molecule has 7 heteroatoms. The van der Waals surface area contributed by atoms with Gasteiger partial charge in [-0.3, -0.25) is 0 Å². The minimum atomic E-state index is 0.189. The SMILES string of the molecule is CN1CCN(c2cccc(-c3cnn4c(N)c(-c5cccc(O)c5)cnc34)c2)CC1. The van der Waals surface area contributed by atoms with Gasteiger partial charge >= 0.3 is 0 Å². The van der Waals surface area contributed by atoms with Crippen LogP contribution in [0, 0.1) is 0 Å². The fraction of sp³-hybridized carbons (Fsp3) is 0.217. The number of likely N-dealkylation sites (N-methyl/N-ethyl adjacent to an activating group) is 1. The normalized spacial score (nSPS) is 15.0. The number of rotatable bonds is 3. The minimum absolute atomic E-state index is 0.189. The molecule has 1 aliphatic rings. The second-order valence-corrected chi connectivity index (χ2v) is 7.74. The zero-order valence-corrected chi connectivity index (χ0v) is 16.9. The van der Waals surface area contributed by atoms with Gasteiger partial charge in [0, 0.05) is 49.2 Å². The Morgan fingerprint density at radius 3 is 2.40 bits per heavy atom. The highest BCUT2D eigenvalue weighted by molar-refractivity contribution is 5.83. The van der Waals surface area contributed by atoms with Crippen molar-refractivity contribution in [2.45, 2.75) is 0 Å². The van der Waals surface area contributed by atoms with E-state index in [1.165, 1.54) is 5.69 Å². The van der Waals surface area contributed by atoms with Crippen LogP contribution >= 0.6 is 0 Å². The van der Waals surface area contributed by atoms with Gasteiger partial charge in [-0.1, -0.05) is 24.3 Å². The molecule has 5 rings (SSSR count). The smallest absolute Gasteiger partial charge is 0.165 e. The molecule has 2 aromatic heterocycles. The van der Waals surface area contributed by atoms with E-state index in [2.05, 4.69) is 51.2 Å². The van der Waals surface area contributed by atoms with Crippen molar-refractivity contribution in [1.29, 1.82) is 0 Å². The second kappa shape index (κ2) is 7.35. The fourth-order valence-electron chi connectivity index (χ4n) is 3.98. The largest absolute Gasteiger partial charge is 0.508 e. The summed E-state index contributed by atoms with van der Waals surface area (Å²) in [5, 5.41) is 14.3. The maximum Gasteiger partial charge on any atom is 0.165 e. The summed E-state index contributed by atoms with van der Waals surface area (Å²) in [5.41, 5.74) is 11.9. The third kappa shape index (κ3) is 3.23. The van der Waals surface area contributed by atoms with E-state index in [0.29, 0.717) is 11.5 Å².